The van der Waals surface area contributed by atoms with E-state index < -0.39 is 0 Å². The van der Waals surface area contributed by atoms with Gasteiger partial charge in [0.15, 0.2) is 11.5 Å². The van der Waals surface area contributed by atoms with Crippen molar-refractivity contribution in [1.29, 1.82) is 0 Å². The molecule has 0 amide bonds. The second-order valence-corrected chi connectivity index (χ2v) is 6.84. The van der Waals surface area contributed by atoms with Crippen LogP contribution in [-0.2, 0) is 10.2 Å². The molecule has 0 bridgehead atoms. The van der Waals surface area contributed by atoms with Gasteiger partial charge in [-0.05, 0) is 38.4 Å². The zero-order chi connectivity index (χ0) is 16.6. The second-order valence-electron chi connectivity index (χ2n) is 6.84. The Morgan fingerprint density at radius 3 is 2.71 bits per heavy atom. The summed E-state index contributed by atoms with van der Waals surface area (Å²) in [7, 11) is 1.67. The summed E-state index contributed by atoms with van der Waals surface area (Å²) in [4.78, 5) is 7.02. The number of nitrogens with two attached hydrogens (primary N) is 1. The molecule has 1 aromatic carbocycles. The topological polar surface area (TPSA) is 69.3 Å². The van der Waals surface area contributed by atoms with Crippen molar-refractivity contribution >= 4 is 11.5 Å². The maximum Gasteiger partial charge on any atom is 0.163 e. The molecular formula is C18H25N3O3. The number of benzene rings is 1. The molecule has 24 heavy (non-hydrogen) atoms. The number of aliphatic imine (C=N–C) groups is 1. The highest BCUT2D eigenvalue weighted by atomic mass is 16.5. The van der Waals surface area contributed by atoms with E-state index >= 15 is 0 Å². The van der Waals surface area contributed by atoms with E-state index in [1.165, 1.54) is 25.9 Å². The minimum absolute atomic E-state index is 0.253. The molecule has 3 heterocycles. The number of rotatable bonds is 6. The molecule has 130 valence electrons. The maximum atomic E-state index is 6.14. The SMILES string of the molecule is COc1cc2c(cc1OCCCN1CCCC1)N=C(N)C21COC1. The van der Waals surface area contributed by atoms with E-state index in [1.54, 1.807) is 7.11 Å². The Bertz CT molecular complexity index is 649. The molecule has 3 aliphatic rings. The van der Waals surface area contributed by atoms with E-state index in [-0.39, 0.29) is 5.41 Å². The van der Waals surface area contributed by atoms with Crippen LogP contribution in [0.2, 0.25) is 0 Å². The molecule has 0 radical (unpaired) electrons. The molecule has 2 saturated heterocycles. The highest BCUT2D eigenvalue weighted by Gasteiger charge is 2.49. The van der Waals surface area contributed by atoms with Gasteiger partial charge in [-0.15, -0.1) is 0 Å². The van der Waals surface area contributed by atoms with Gasteiger partial charge in [0, 0.05) is 18.2 Å². The van der Waals surface area contributed by atoms with E-state index in [1.807, 2.05) is 12.1 Å². The number of fused-ring (bicyclic) bond motifs is 2. The molecule has 6 heteroatoms. The van der Waals surface area contributed by atoms with Crippen molar-refractivity contribution < 1.29 is 14.2 Å². The summed E-state index contributed by atoms with van der Waals surface area (Å²) in [5.41, 5.74) is 7.86. The minimum Gasteiger partial charge on any atom is -0.493 e. The Balaban J connectivity index is 1.44. The van der Waals surface area contributed by atoms with E-state index in [9.17, 15) is 0 Å². The fourth-order valence-electron chi connectivity index (χ4n) is 3.76. The molecule has 0 unspecified atom stereocenters. The van der Waals surface area contributed by atoms with Crippen LogP contribution in [0, 0.1) is 0 Å². The van der Waals surface area contributed by atoms with Gasteiger partial charge in [0.25, 0.3) is 0 Å². The molecule has 1 spiro atoms. The van der Waals surface area contributed by atoms with Crippen LogP contribution in [0.1, 0.15) is 24.8 Å². The largest absolute Gasteiger partial charge is 0.493 e. The predicted molar refractivity (Wildman–Crippen MR) is 92.6 cm³/mol. The summed E-state index contributed by atoms with van der Waals surface area (Å²) in [6.45, 7) is 5.40. The van der Waals surface area contributed by atoms with E-state index in [4.69, 9.17) is 19.9 Å². The molecule has 4 rings (SSSR count). The molecule has 0 saturated carbocycles. The number of methoxy groups -OCH3 is 1. The quantitative estimate of drug-likeness (QED) is 0.806. The van der Waals surface area contributed by atoms with Gasteiger partial charge in [-0.2, -0.15) is 0 Å². The summed E-state index contributed by atoms with van der Waals surface area (Å²) < 4.78 is 16.9. The Morgan fingerprint density at radius 1 is 1.25 bits per heavy atom. The zero-order valence-corrected chi connectivity index (χ0v) is 14.2. The van der Waals surface area contributed by atoms with Crippen molar-refractivity contribution in [3.05, 3.63) is 17.7 Å². The van der Waals surface area contributed by atoms with E-state index in [2.05, 4.69) is 9.89 Å². The van der Waals surface area contributed by atoms with Gasteiger partial charge >= 0.3 is 0 Å². The Morgan fingerprint density at radius 2 is 2.04 bits per heavy atom. The lowest BCUT2D eigenvalue weighted by Crippen LogP contribution is -2.54. The minimum atomic E-state index is -0.253. The van der Waals surface area contributed by atoms with Gasteiger partial charge in [-0.1, -0.05) is 0 Å². The molecule has 0 atom stereocenters. The Kier molecular flexibility index (Phi) is 4.10. The average molecular weight is 331 g/mol. The summed E-state index contributed by atoms with van der Waals surface area (Å²) >= 11 is 0. The van der Waals surface area contributed by atoms with Gasteiger partial charge in [0.2, 0.25) is 0 Å². The first-order valence-electron chi connectivity index (χ1n) is 8.73. The lowest BCUT2D eigenvalue weighted by Gasteiger charge is -2.38. The number of amidine groups is 1. The van der Waals surface area contributed by atoms with Crippen molar-refractivity contribution in [3.8, 4) is 11.5 Å². The molecule has 0 aromatic heterocycles. The lowest BCUT2D eigenvalue weighted by molar-refractivity contribution is -0.0221. The zero-order valence-electron chi connectivity index (χ0n) is 14.2. The van der Waals surface area contributed by atoms with E-state index in [0.29, 0.717) is 25.7 Å². The highest BCUT2D eigenvalue weighted by Crippen LogP contribution is 2.48. The number of likely N-dealkylation sites (tertiary alicyclic amines) is 1. The third kappa shape index (κ3) is 2.54. The van der Waals surface area contributed by atoms with Crippen LogP contribution in [0.4, 0.5) is 5.69 Å². The normalized spacial score (nSPS) is 21.5. The van der Waals surface area contributed by atoms with Crippen LogP contribution < -0.4 is 15.2 Å². The van der Waals surface area contributed by atoms with Crippen LogP contribution >= 0.6 is 0 Å². The third-order valence-electron chi connectivity index (χ3n) is 5.30. The summed E-state index contributed by atoms with van der Waals surface area (Å²) in [6, 6.07) is 3.96. The molecule has 2 fully saturated rings. The molecule has 3 aliphatic heterocycles. The number of nitrogens with zero attached hydrogens (tertiary/aromatic N) is 2. The molecule has 1 aromatic rings. The van der Waals surface area contributed by atoms with Gasteiger partial charge in [0.1, 0.15) is 11.3 Å². The van der Waals surface area contributed by atoms with Gasteiger partial charge in [-0.3, -0.25) is 0 Å². The van der Waals surface area contributed by atoms with Crippen molar-refractivity contribution in [2.45, 2.75) is 24.7 Å². The van der Waals surface area contributed by atoms with Crippen molar-refractivity contribution in [3.63, 3.8) is 0 Å². The smallest absolute Gasteiger partial charge is 0.163 e. The van der Waals surface area contributed by atoms with Crippen LogP contribution in [0.15, 0.2) is 17.1 Å². The first-order chi connectivity index (χ1) is 11.7. The molecule has 0 aliphatic carbocycles. The molecule has 2 N–H and O–H groups in total. The van der Waals surface area contributed by atoms with Crippen LogP contribution in [-0.4, -0.2) is 57.3 Å². The van der Waals surface area contributed by atoms with Crippen LogP contribution in [0.3, 0.4) is 0 Å². The predicted octanol–water partition coefficient (Wildman–Crippen LogP) is 1.83. The van der Waals surface area contributed by atoms with E-state index in [0.717, 1.165) is 35.7 Å². The Labute approximate surface area is 142 Å². The first kappa shape index (κ1) is 15.7. The van der Waals surface area contributed by atoms with Crippen LogP contribution in [0.25, 0.3) is 0 Å². The summed E-state index contributed by atoms with van der Waals surface area (Å²) in [5, 5.41) is 0. The lowest BCUT2D eigenvalue weighted by atomic mass is 9.78. The summed E-state index contributed by atoms with van der Waals surface area (Å²) in [6.07, 6.45) is 3.66. The molecule has 6 nitrogen and oxygen atoms in total. The van der Waals surface area contributed by atoms with Crippen molar-refractivity contribution in [2.75, 3.05) is 46.6 Å². The number of hydrogen-bond acceptors (Lipinski definition) is 6. The third-order valence-corrected chi connectivity index (χ3v) is 5.30. The summed E-state index contributed by atoms with van der Waals surface area (Å²) in [5.74, 6) is 2.12. The maximum absolute atomic E-state index is 6.14. The highest BCUT2D eigenvalue weighted by molar-refractivity contribution is 6.00. The van der Waals surface area contributed by atoms with Crippen molar-refractivity contribution in [2.24, 2.45) is 10.7 Å². The number of hydrogen-bond donors (Lipinski definition) is 1. The van der Waals surface area contributed by atoms with Gasteiger partial charge in [0.05, 0.1) is 32.6 Å². The Hall–Kier alpha value is -1.79. The number of ether oxygens (including phenoxy) is 3. The standard InChI is InChI=1S/C18H25N3O3/c1-22-15-9-13-14(20-17(19)18(13)11-23-12-18)10-16(15)24-8-4-7-21-5-2-3-6-21/h9-10H,2-8,11-12H2,1H3,(H2,19,20). The fourth-order valence-corrected chi connectivity index (χ4v) is 3.76. The first-order valence-corrected chi connectivity index (χ1v) is 8.73. The van der Waals surface area contributed by atoms with Gasteiger partial charge < -0.3 is 24.8 Å². The van der Waals surface area contributed by atoms with Gasteiger partial charge in [-0.25, -0.2) is 4.99 Å². The molecular weight excluding hydrogens is 306 g/mol. The average Bonchev–Trinajstić information content (AvgIpc) is 3.14. The monoisotopic (exact) mass is 331 g/mol. The van der Waals surface area contributed by atoms with Crippen LogP contribution in [0.5, 0.6) is 11.5 Å². The fraction of sp³-hybridized carbons (Fsp3) is 0.611. The van der Waals surface area contributed by atoms with Crippen molar-refractivity contribution in [1.82, 2.24) is 4.90 Å². The second kappa shape index (κ2) is 6.26.